The maximum Gasteiger partial charge on any atom is 0.410 e. The number of ether oxygens (including phenoxy) is 1. The summed E-state index contributed by atoms with van der Waals surface area (Å²) in [6, 6.07) is 9.12. The van der Waals surface area contributed by atoms with Crippen molar-refractivity contribution in [3.05, 3.63) is 35.4 Å². The molecule has 2 amide bonds. The Morgan fingerprint density at radius 3 is 2.41 bits per heavy atom. The summed E-state index contributed by atoms with van der Waals surface area (Å²) < 4.78 is 5.53. The van der Waals surface area contributed by atoms with E-state index in [-0.39, 0.29) is 13.1 Å². The minimum absolute atomic E-state index is 0.0521. The summed E-state index contributed by atoms with van der Waals surface area (Å²) in [5.74, 6) is 0.357. The summed E-state index contributed by atoms with van der Waals surface area (Å²) in [4.78, 5) is 25.8. The van der Waals surface area contributed by atoms with Gasteiger partial charge in [-0.25, -0.2) is 9.59 Å². The average Bonchev–Trinajstić information content (AvgIpc) is 2.78. The van der Waals surface area contributed by atoms with Crippen LogP contribution in [0.1, 0.15) is 49.7 Å². The van der Waals surface area contributed by atoms with Gasteiger partial charge in [-0.05, 0) is 36.1 Å². The first kappa shape index (κ1) is 27.7. The van der Waals surface area contributed by atoms with Gasteiger partial charge in [0.15, 0.2) is 0 Å². The third-order valence-corrected chi connectivity index (χ3v) is 7.99. The number of amides is 2. The molecule has 3 N–H and O–H groups in total. The first-order chi connectivity index (χ1) is 16.1. The van der Waals surface area contributed by atoms with Crippen molar-refractivity contribution in [2.24, 2.45) is 5.92 Å². The van der Waals surface area contributed by atoms with Gasteiger partial charge in [0, 0.05) is 14.6 Å². The van der Waals surface area contributed by atoms with Gasteiger partial charge >= 0.3 is 12.2 Å². The fourth-order valence-electron chi connectivity index (χ4n) is 4.25. The van der Waals surface area contributed by atoms with Crippen molar-refractivity contribution in [3.8, 4) is 6.07 Å². The SMILES string of the molecule is C[Si](C)(C)CCOC(=O)N(Cc1ccc(C#N)cc1)C[C@H](O)[C@H](CC1CCCCC1)NC(=O)O. The maximum absolute atomic E-state index is 12.9. The number of carbonyl (C=O) groups is 2. The molecule has 188 valence electrons. The van der Waals surface area contributed by atoms with Crippen LogP contribution in [0.4, 0.5) is 9.59 Å². The van der Waals surface area contributed by atoms with E-state index in [1.54, 1.807) is 24.3 Å². The zero-order valence-electron chi connectivity index (χ0n) is 20.6. The van der Waals surface area contributed by atoms with Gasteiger partial charge in [-0.15, -0.1) is 0 Å². The van der Waals surface area contributed by atoms with E-state index in [0.29, 0.717) is 24.5 Å². The largest absolute Gasteiger partial charge is 0.465 e. The molecule has 1 aliphatic rings. The van der Waals surface area contributed by atoms with Crippen LogP contribution in [-0.4, -0.2) is 60.7 Å². The predicted octanol–water partition coefficient (Wildman–Crippen LogP) is 4.80. The Hall–Kier alpha value is -2.57. The summed E-state index contributed by atoms with van der Waals surface area (Å²) in [5, 5.41) is 31.8. The van der Waals surface area contributed by atoms with Crippen LogP contribution in [0, 0.1) is 17.2 Å². The van der Waals surface area contributed by atoms with E-state index in [1.807, 2.05) is 0 Å². The summed E-state index contributed by atoms with van der Waals surface area (Å²) in [7, 11) is -1.39. The van der Waals surface area contributed by atoms with Crippen LogP contribution >= 0.6 is 0 Å². The second kappa shape index (κ2) is 13.3. The topological polar surface area (TPSA) is 123 Å². The Morgan fingerprint density at radius 1 is 1.21 bits per heavy atom. The van der Waals surface area contributed by atoms with Crippen molar-refractivity contribution in [1.82, 2.24) is 10.2 Å². The number of aliphatic hydroxyl groups is 1. The number of hydrogen-bond donors (Lipinski definition) is 3. The number of carboxylic acid groups (broad SMARTS) is 1. The Labute approximate surface area is 203 Å². The number of carbonyl (C=O) groups excluding carboxylic acids is 1. The van der Waals surface area contributed by atoms with Crippen LogP contribution in [0.3, 0.4) is 0 Å². The molecule has 0 aliphatic heterocycles. The highest BCUT2D eigenvalue weighted by molar-refractivity contribution is 6.76. The average molecular weight is 490 g/mol. The fourth-order valence-corrected chi connectivity index (χ4v) is 4.96. The molecule has 1 fully saturated rings. The van der Waals surface area contributed by atoms with Crippen molar-refractivity contribution < 1.29 is 24.5 Å². The number of nitrogens with zero attached hydrogens (tertiary/aromatic N) is 2. The molecular weight excluding hydrogens is 450 g/mol. The van der Waals surface area contributed by atoms with Gasteiger partial charge in [0.1, 0.15) is 0 Å². The van der Waals surface area contributed by atoms with Gasteiger partial charge < -0.3 is 25.2 Å². The van der Waals surface area contributed by atoms with Gasteiger partial charge in [-0.3, -0.25) is 0 Å². The molecular formula is C25H39N3O5Si. The summed E-state index contributed by atoms with van der Waals surface area (Å²) in [6.07, 6.45) is 3.24. The van der Waals surface area contributed by atoms with Gasteiger partial charge in [0.25, 0.3) is 0 Å². The normalized spacial score (nSPS) is 16.2. The molecule has 8 nitrogen and oxygen atoms in total. The van der Waals surface area contributed by atoms with Gasteiger partial charge in [0.2, 0.25) is 0 Å². The smallest absolute Gasteiger partial charge is 0.410 e. The highest BCUT2D eigenvalue weighted by Crippen LogP contribution is 2.28. The standard InChI is InChI=1S/C25H39N3O5Si/c1-34(2,3)14-13-33-25(32)28(17-21-11-9-20(16-26)10-12-21)18-23(29)22(27-24(30)31)15-19-7-5-4-6-8-19/h9-12,19,22-23,27,29H,4-8,13-15,17-18H2,1-3H3,(H,30,31)/t22-,23-/m0/s1. The van der Waals surface area contributed by atoms with Crippen molar-refractivity contribution >= 4 is 20.3 Å². The molecule has 1 aromatic carbocycles. The van der Waals surface area contributed by atoms with E-state index in [0.717, 1.165) is 37.3 Å². The Bertz CT molecular complexity index is 828. The maximum atomic E-state index is 12.9. The molecule has 2 rings (SSSR count). The quantitative estimate of drug-likeness (QED) is 0.384. The van der Waals surface area contributed by atoms with Crippen LogP contribution in [0.5, 0.6) is 0 Å². The molecule has 34 heavy (non-hydrogen) atoms. The lowest BCUT2D eigenvalue weighted by Crippen LogP contribution is -2.50. The van der Waals surface area contributed by atoms with E-state index in [2.05, 4.69) is 31.0 Å². The molecule has 0 aromatic heterocycles. The number of hydrogen-bond acceptors (Lipinski definition) is 5. The lowest BCUT2D eigenvalue weighted by Gasteiger charge is -2.32. The predicted molar refractivity (Wildman–Crippen MR) is 133 cm³/mol. The molecule has 2 atom stereocenters. The number of benzene rings is 1. The van der Waals surface area contributed by atoms with Crippen molar-refractivity contribution in [2.75, 3.05) is 13.2 Å². The molecule has 1 saturated carbocycles. The molecule has 0 spiro atoms. The van der Waals surface area contributed by atoms with E-state index in [9.17, 15) is 19.8 Å². The Kier molecular flexibility index (Phi) is 10.9. The minimum atomic E-state index is -1.39. The van der Waals surface area contributed by atoms with Gasteiger partial charge in [-0.1, -0.05) is 63.9 Å². The zero-order valence-corrected chi connectivity index (χ0v) is 21.6. The zero-order chi connectivity index (χ0) is 25.1. The van der Waals surface area contributed by atoms with E-state index >= 15 is 0 Å². The van der Waals surface area contributed by atoms with Crippen LogP contribution in [0.2, 0.25) is 25.7 Å². The first-order valence-electron chi connectivity index (χ1n) is 12.2. The summed E-state index contributed by atoms with van der Waals surface area (Å²) in [6.45, 7) is 7.06. The van der Waals surface area contributed by atoms with Crippen LogP contribution in [0.15, 0.2) is 24.3 Å². The van der Waals surface area contributed by atoms with E-state index in [1.165, 1.54) is 11.3 Å². The Balaban J connectivity index is 2.12. The lowest BCUT2D eigenvalue weighted by atomic mass is 9.83. The Morgan fingerprint density at radius 2 is 1.85 bits per heavy atom. The fraction of sp³-hybridized carbons (Fsp3) is 0.640. The van der Waals surface area contributed by atoms with E-state index < -0.39 is 32.4 Å². The number of nitriles is 1. The molecule has 1 aromatic rings. The lowest BCUT2D eigenvalue weighted by molar-refractivity contribution is 0.0505. The third-order valence-electron chi connectivity index (χ3n) is 6.29. The first-order valence-corrected chi connectivity index (χ1v) is 15.9. The second-order valence-electron chi connectivity index (χ2n) is 10.5. The molecule has 0 bridgehead atoms. The van der Waals surface area contributed by atoms with E-state index in [4.69, 9.17) is 10.00 Å². The minimum Gasteiger partial charge on any atom is -0.465 e. The summed E-state index contributed by atoms with van der Waals surface area (Å²) in [5.41, 5.74) is 1.31. The monoisotopic (exact) mass is 489 g/mol. The molecule has 1 aliphatic carbocycles. The second-order valence-corrected chi connectivity index (χ2v) is 16.1. The molecule has 0 heterocycles. The highest BCUT2D eigenvalue weighted by Gasteiger charge is 2.29. The highest BCUT2D eigenvalue weighted by atomic mass is 28.3. The van der Waals surface area contributed by atoms with Crippen molar-refractivity contribution in [1.29, 1.82) is 5.26 Å². The molecule has 0 saturated heterocycles. The van der Waals surface area contributed by atoms with Crippen molar-refractivity contribution in [2.45, 2.75) is 82.9 Å². The molecule has 0 radical (unpaired) electrons. The van der Waals surface area contributed by atoms with Crippen molar-refractivity contribution in [3.63, 3.8) is 0 Å². The summed E-state index contributed by atoms with van der Waals surface area (Å²) >= 11 is 0. The number of rotatable bonds is 11. The molecule has 9 heteroatoms. The van der Waals surface area contributed by atoms with Crippen LogP contribution in [-0.2, 0) is 11.3 Å². The molecule has 0 unspecified atom stereocenters. The van der Waals surface area contributed by atoms with Crippen LogP contribution < -0.4 is 5.32 Å². The van der Waals surface area contributed by atoms with Crippen LogP contribution in [0.25, 0.3) is 0 Å². The number of aliphatic hydroxyl groups excluding tert-OH is 1. The van der Waals surface area contributed by atoms with Gasteiger partial charge in [0.05, 0.1) is 36.9 Å². The van der Waals surface area contributed by atoms with Gasteiger partial charge in [-0.2, -0.15) is 5.26 Å². The third kappa shape index (κ3) is 10.1. The number of nitrogens with one attached hydrogen (secondary N) is 1.